The lowest BCUT2D eigenvalue weighted by Crippen LogP contribution is -2.42. The third kappa shape index (κ3) is 9.46. The van der Waals surface area contributed by atoms with Gasteiger partial charge in [-0.2, -0.15) is 0 Å². The van der Waals surface area contributed by atoms with Gasteiger partial charge in [0, 0.05) is 32.2 Å². The normalized spacial score (nSPS) is 16.3. The first-order valence-corrected chi connectivity index (χ1v) is 11.7. The van der Waals surface area contributed by atoms with Crippen LogP contribution in [-0.2, 0) is 19.5 Å². The van der Waals surface area contributed by atoms with E-state index in [0.29, 0.717) is 12.6 Å². The number of rotatable bonds is 9. The van der Waals surface area contributed by atoms with Crippen LogP contribution in [0, 0.1) is 0 Å². The van der Waals surface area contributed by atoms with Crippen molar-refractivity contribution in [3.63, 3.8) is 0 Å². The van der Waals surface area contributed by atoms with Gasteiger partial charge in [-0.05, 0) is 56.2 Å². The van der Waals surface area contributed by atoms with Gasteiger partial charge in [0.2, 0.25) is 0 Å². The fourth-order valence-electron chi connectivity index (χ4n) is 3.91. The highest BCUT2D eigenvalue weighted by Crippen LogP contribution is 2.14. The molecule has 1 atom stereocenters. The van der Waals surface area contributed by atoms with Gasteiger partial charge >= 0.3 is 0 Å². The number of guanidine groups is 1. The van der Waals surface area contributed by atoms with E-state index in [0.717, 1.165) is 57.8 Å². The first kappa shape index (κ1) is 26.6. The van der Waals surface area contributed by atoms with Gasteiger partial charge in [-0.15, -0.1) is 24.0 Å². The summed E-state index contributed by atoms with van der Waals surface area (Å²) in [4.78, 5) is 7.21. The van der Waals surface area contributed by atoms with Crippen LogP contribution in [0.25, 0.3) is 0 Å². The van der Waals surface area contributed by atoms with E-state index < -0.39 is 0 Å². The highest BCUT2D eigenvalue weighted by Gasteiger charge is 2.16. The van der Waals surface area contributed by atoms with Crippen molar-refractivity contribution in [1.29, 1.82) is 0 Å². The Balaban J connectivity index is 0.00000363. The number of hydrogen-bond donors (Lipinski definition) is 3. The number of halogens is 1. The molecule has 1 aliphatic heterocycles. The van der Waals surface area contributed by atoms with Crippen LogP contribution in [-0.4, -0.2) is 47.7 Å². The first-order chi connectivity index (χ1) is 15.1. The second-order valence-electron chi connectivity index (χ2n) is 8.59. The van der Waals surface area contributed by atoms with Gasteiger partial charge in [0.05, 0.1) is 12.6 Å². The minimum Gasteiger partial charge on any atom is -0.393 e. The lowest BCUT2D eigenvalue weighted by molar-refractivity contribution is 0.0792. The monoisotopic (exact) mass is 550 g/mol. The molecule has 176 valence electrons. The summed E-state index contributed by atoms with van der Waals surface area (Å²) in [5, 5.41) is 16.6. The van der Waals surface area contributed by atoms with Crippen LogP contribution < -0.4 is 10.6 Å². The summed E-state index contributed by atoms with van der Waals surface area (Å²) in [5.74, 6) is 0.874. The summed E-state index contributed by atoms with van der Waals surface area (Å²) in [6.45, 7) is 8.74. The van der Waals surface area contributed by atoms with Crippen molar-refractivity contribution in [1.82, 2.24) is 15.5 Å². The Morgan fingerprint density at radius 2 is 1.69 bits per heavy atom. The largest absolute Gasteiger partial charge is 0.393 e. The van der Waals surface area contributed by atoms with E-state index in [1.807, 2.05) is 0 Å². The van der Waals surface area contributed by atoms with Gasteiger partial charge in [0.1, 0.15) is 0 Å². The number of piperidine rings is 1. The zero-order valence-corrected chi connectivity index (χ0v) is 21.8. The number of aliphatic hydroxyl groups excluding tert-OH is 1. The maximum atomic E-state index is 9.66. The lowest BCUT2D eigenvalue weighted by atomic mass is 10.1. The van der Waals surface area contributed by atoms with E-state index in [4.69, 9.17) is 4.99 Å². The number of aliphatic imine (C=N–C) groups is 1. The highest BCUT2D eigenvalue weighted by molar-refractivity contribution is 14.0. The fourth-order valence-corrected chi connectivity index (χ4v) is 3.91. The van der Waals surface area contributed by atoms with E-state index in [1.165, 1.54) is 16.7 Å². The molecule has 2 aromatic carbocycles. The fraction of sp³-hybridized carbons (Fsp3) is 0.500. The van der Waals surface area contributed by atoms with Gasteiger partial charge in [0.15, 0.2) is 5.96 Å². The third-order valence-electron chi connectivity index (χ3n) is 5.84. The van der Waals surface area contributed by atoms with Crippen LogP contribution in [0.1, 0.15) is 49.8 Å². The van der Waals surface area contributed by atoms with Crippen molar-refractivity contribution >= 4 is 29.9 Å². The average Bonchev–Trinajstić information content (AvgIpc) is 2.79. The number of aliphatic hydroxyl groups is 1. The van der Waals surface area contributed by atoms with Crippen molar-refractivity contribution in [2.24, 2.45) is 4.99 Å². The quantitative estimate of drug-likeness (QED) is 0.247. The van der Waals surface area contributed by atoms with Gasteiger partial charge < -0.3 is 15.7 Å². The van der Waals surface area contributed by atoms with E-state index in [1.54, 1.807) is 0 Å². The molecule has 2 aromatic rings. The lowest BCUT2D eigenvalue weighted by Gasteiger charge is -2.29. The molecule has 1 unspecified atom stereocenters. The molecule has 0 aromatic heterocycles. The SMILES string of the molecule is CCNC(=NCc1ccc(CN2CCC(O)CC2)cc1)NC(C)CCc1ccccc1.I. The summed E-state index contributed by atoms with van der Waals surface area (Å²) in [7, 11) is 0. The zero-order valence-electron chi connectivity index (χ0n) is 19.5. The van der Waals surface area contributed by atoms with Crippen LogP contribution in [0.4, 0.5) is 0 Å². The third-order valence-corrected chi connectivity index (χ3v) is 5.84. The Hall–Kier alpha value is -1.64. The maximum Gasteiger partial charge on any atom is 0.191 e. The molecule has 0 radical (unpaired) electrons. The van der Waals surface area contributed by atoms with Gasteiger partial charge in [-0.1, -0.05) is 54.6 Å². The summed E-state index contributed by atoms with van der Waals surface area (Å²) in [5.41, 5.74) is 3.91. The summed E-state index contributed by atoms with van der Waals surface area (Å²) in [6, 6.07) is 19.8. The molecular formula is C26H39IN4O. The molecule has 0 aliphatic carbocycles. The Kier molecular flexibility index (Phi) is 12.1. The molecule has 0 bridgehead atoms. The molecule has 1 heterocycles. The highest BCUT2D eigenvalue weighted by atomic mass is 127. The van der Waals surface area contributed by atoms with Crippen LogP contribution in [0.2, 0.25) is 0 Å². The van der Waals surface area contributed by atoms with Gasteiger partial charge in [0.25, 0.3) is 0 Å². The van der Waals surface area contributed by atoms with E-state index in [2.05, 4.69) is 84.0 Å². The Morgan fingerprint density at radius 1 is 1.03 bits per heavy atom. The second kappa shape index (κ2) is 14.5. The Labute approximate surface area is 210 Å². The van der Waals surface area contributed by atoms with Crippen molar-refractivity contribution in [3.05, 3.63) is 71.3 Å². The minimum absolute atomic E-state index is 0. The molecule has 3 rings (SSSR count). The summed E-state index contributed by atoms with van der Waals surface area (Å²) >= 11 is 0. The topological polar surface area (TPSA) is 59.9 Å². The molecule has 1 saturated heterocycles. The van der Waals surface area contributed by atoms with E-state index in [9.17, 15) is 5.11 Å². The first-order valence-electron chi connectivity index (χ1n) is 11.7. The van der Waals surface area contributed by atoms with Crippen LogP contribution in [0.3, 0.4) is 0 Å². The predicted octanol–water partition coefficient (Wildman–Crippen LogP) is 4.34. The number of nitrogens with zero attached hydrogens (tertiary/aromatic N) is 2. The number of benzene rings is 2. The number of aryl methyl sites for hydroxylation is 1. The molecule has 0 amide bonds. The number of likely N-dealkylation sites (tertiary alicyclic amines) is 1. The molecular weight excluding hydrogens is 511 g/mol. The van der Waals surface area contributed by atoms with Crippen molar-refractivity contribution < 1.29 is 5.11 Å². The maximum absolute atomic E-state index is 9.66. The standard InChI is InChI=1S/C26H38N4O.HI/c1-3-27-26(29-21(2)9-10-22-7-5-4-6-8-22)28-19-23-11-13-24(14-12-23)20-30-17-15-25(31)16-18-30;/h4-8,11-14,21,25,31H,3,9-10,15-20H2,1-2H3,(H2,27,28,29);1H. The van der Waals surface area contributed by atoms with Crippen molar-refractivity contribution in [3.8, 4) is 0 Å². The van der Waals surface area contributed by atoms with Gasteiger partial charge in [-0.3, -0.25) is 4.90 Å². The van der Waals surface area contributed by atoms with Gasteiger partial charge in [-0.25, -0.2) is 4.99 Å². The average molecular weight is 551 g/mol. The van der Waals surface area contributed by atoms with E-state index in [-0.39, 0.29) is 30.1 Å². The molecule has 6 heteroatoms. The van der Waals surface area contributed by atoms with E-state index >= 15 is 0 Å². The molecule has 32 heavy (non-hydrogen) atoms. The van der Waals surface area contributed by atoms with Crippen molar-refractivity contribution in [2.45, 2.75) is 64.8 Å². The Bertz CT molecular complexity index is 789. The molecule has 0 saturated carbocycles. The molecule has 1 fully saturated rings. The van der Waals surface area contributed by atoms with Crippen molar-refractivity contribution in [2.75, 3.05) is 19.6 Å². The second-order valence-corrected chi connectivity index (χ2v) is 8.59. The number of nitrogens with one attached hydrogen (secondary N) is 2. The van der Waals surface area contributed by atoms with Crippen LogP contribution in [0.15, 0.2) is 59.6 Å². The molecule has 5 nitrogen and oxygen atoms in total. The predicted molar refractivity (Wildman–Crippen MR) is 145 cm³/mol. The Morgan fingerprint density at radius 3 is 2.34 bits per heavy atom. The molecule has 1 aliphatic rings. The zero-order chi connectivity index (χ0) is 21.9. The van der Waals surface area contributed by atoms with Crippen LogP contribution >= 0.6 is 24.0 Å². The smallest absolute Gasteiger partial charge is 0.191 e. The number of hydrogen-bond acceptors (Lipinski definition) is 3. The summed E-state index contributed by atoms with van der Waals surface area (Å²) < 4.78 is 0. The van der Waals surface area contributed by atoms with Crippen LogP contribution in [0.5, 0.6) is 0 Å². The molecule has 3 N–H and O–H groups in total. The molecule has 0 spiro atoms. The minimum atomic E-state index is -0.114. The summed E-state index contributed by atoms with van der Waals surface area (Å²) in [6.07, 6.45) is 3.79.